The van der Waals surface area contributed by atoms with E-state index in [0.717, 1.165) is 33.2 Å². The van der Waals surface area contributed by atoms with Gasteiger partial charge < -0.3 is 14.0 Å². The maximum absolute atomic E-state index is 11.8. The molecule has 0 atom stereocenters. The zero-order valence-electron chi connectivity index (χ0n) is 21.0. The summed E-state index contributed by atoms with van der Waals surface area (Å²) in [4.78, 5) is 16.0. The average Bonchev–Trinajstić information content (AvgIpc) is 3.35. The minimum atomic E-state index is -0.458. The molecular weight excluding hydrogens is 523 g/mol. The number of halogens is 2. The Morgan fingerprint density at radius 3 is 2.34 bits per heavy atom. The first-order valence-corrected chi connectivity index (χ1v) is 12.8. The van der Waals surface area contributed by atoms with Crippen LogP contribution in [0, 0.1) is 0 Å². The summed E-state index contributed by atoms with van der Waals surface area (Å²) in [5, 5.41) is 7.12. The van der Waals surface area contributed by atoms with Gasteiger partial charge in [0.2, 0.25) is 0 Å². The first kappa shape index (κ1) is 25.8. The third-order valence-corrected chi connectivity index (χ3v) is 6.86. The number of esters is 1. The lowest BCUT2D eigenvalue weighted by Crippen LogP contribution is -2.03. The van der Waals surface area contributed by atoms with Gasteiger partial charge in [-0.15, -0.1) is 0 Å². The second kappa shape index (κ2) is 10.9. The largest absolute Gasteiger partial charge is 0.489 e. The number of aromatic nitrogens is 2. The molecule has 0 radical (unpaired) electrons. The molecule has 0 amide bonds. The zero-order valence-corrected chi connectivity index (χ0v) is 22.5. The molecule has 0 saturated carbocycles. The van der Waals surface area contributed by atoms with Crippen molar-refractivity contribution in [2.45, 2.75) is 26.4 Å². The highest BCUT2D eigenvalue weighted by molar-refractivity contribution is 6.39. The van der Waals surface area contributed by atoms with Crippen molar-refractivity contribution < 1.29 is 18.8 Å². The minimum Gasteiger partial charge on any atom is -0.489 e. The van der Waals surface area contributed by atoms with Gasteiger partial charge in [-0.25, -0.2) is 9.78 Å². The SMILES string of the molecule is COC(=O)c1cc2ccc(-c3ccc(OCc4c(-c5c(Cl)cccc5Cl)noc4C(C)C)cc3)cc2cn1. The van der Waals surface area contributed by atoms with Crippen LogP contribution in [0.25, 0.3) is 33.2 Å². The molecule has 0 bridgehead atoms. The molecule has 2 aromatic heterocycles. The molecule has 0 spiro atoms. The van der Waals surface area contributed by atoms with E-state index in [-0.39, 0.29) is 18.2 Å². The number of methoxy groups -OCH3 is 1. The van der Waals surface area contributed by atoms with E-state index in [2.05, 4.69) is 10.1 Å². The standard InChI is InChI=1S/C30H24Cl2N2O4/c1-17(2)29-23(28(34-38-29)27-24(31)5-4-6-25(27)32)16-37-22-11-9-18(10-12-22)19-7-8-20-14-26(30(35)36-3)33-15-21(20)13-19/h4-15,17H,16H2,1-3H3. The Hall–Kier alpha value is -3.87. The number of benzene rings is 3. The summed E-state index contributed by atoms with van der Waals surface area (Å²) in [5.41, 5.74) is 4.35. The number of nitrogens with zero attached hydrogens (tertiary/aromatic N) is 2. The Labute approximate surface area is 230 Å². The third-order valence-electron chi connectivity index (χ3n) is 6.23. The van der Waals surface area contributed by atoms with Crippen LogP contribution in [-0.4, -0.2) is 23.2 Å². The van der Waals surface area contributed by atoms with Crippen molar-refractivity contribution >= 4 is 39.9 Å². The van der Waals surface area contributed by atoms with Gasteiger partial charge in [0.1, 0.15) is 29.5 Å². The molecule has 0 N–H and O–H groups in total. The molecule has 0 saturated heterocycles. The maximum atomic E-state index is 11.8. The molecule has 0 fully saturated rings. The fourth-order valence-corrected chi connectivity index (χ4v) is 4.85. The topological polar surface area (TPSA) is 74.5 Å². The number of hydrogen-bond donors (Lipinski definition) is 0. The van der Waals surface area contributed by atoms with Gasteiger partial charge in [-0.3, -0.25) is 0 Å². The Morgan fingerprint density at radius 2 is 1.66 bits per heavy atom. The number of fused-ring (bicyclic) bond motifs is 1. The average molecular weight is 547 g/mol. The smallest absolute Gasteiger partial charge is 0.356 e. The molecule has 5 rings (SSSR count). The van der Waals surface area contributed by atoms with Crippen molar-refractivity contribution in [2.75, 3.05) is 7.11 Å². The van der Waals surface area contributed by atoms with Gasteiger partial charge >= 0.3 is 5.97 Å². The van der Waals surface area contributed by atoms with Crippen molar-refractivity contribution in [3.8, 4) is 28.1 Å². The zero-order chi connectivity index (χ0) is 26.8. The van der Waals surface area contributed by atoms with Crippen LogP contribution in [0.1, 0.15) is 41.6 Å². The third kappa shape index (κ3) is 5.10. The van der Waals surface area contributed by atoms with Crippen LogP contribution >= 0.6 is 23.2 Å². The summed E-state index contributed by atoms with van der Waals surface area (Å²) >= 11 is 12.9. The summed E-state index contributed by atoms with van der Waals surface area (Å²) in [6, 6.07) is 20.9. The number of hydrogen-bond acceptors (Lipinski definition) is 6. The summed E-state index contributed by atoms with van der Waals surface area (Å²) in [6.45, 7) is 4.32. The van der Waals surface area contributed by atoms with E-state index < -0.39 is 5.97 Å². The van der Waals surface area contributed by atoms with E-state index in [9.17, 15) is 4.79 Å². The molecule has 0 aliphatic carbocycles. The summed E-state index contributed by atoms with van der Waals surface area (Å²) < 4.78 is 16.6. The van der Waals surface area contributed by atoms with E-state index >= 15 is 0 Å². The molecule has 5 aromatic rings. The molecule has 192 valence electrons. The van der Waals surface area contributed by atoms with E-state index in [1.807, 2.05) is 56.3 Å². The van der Waals surface area contributed by atoms with Crippen LogP contribution in [0.15, 0.2) is 77.4 Å². The number of ether oxygens (including phenoxy) is 2. The number of rotatable bonds is 7. The van der Waals surface area contributed by atoms with E-state index in [1.54, 1.807) is 30.5 Å². The lowest BCUT2D eigenvalue weighted by Gasteiger charge is -2.11. The molecule has 8 heteroatoms. The summed E-state index contributed by atoms with van der Waals surface area (Å²) in [6.07, 6.45) is 1.68. The lowest BCUT2D eigenvalue weighted by molar-refractivity contribution is 0.0594. The van der Waals surface area contributed by atoms with Gasteiger partial charge in [-0.1, -0.05) is 72.5 Å². The van der Waals surface area contributed by atoms with Crippen molar-refractivity contribution in [2.24, 2.45) is 0 Å². The fourth-order valence-electron chi connectivity index (χ4n) is 4.27. The second-order valence-electron chi connectivity index (χ2n) is 9.06. The first-order valence-electron chi connectivity index (χ1n) is 12.0. The van der Waals surface area contributed by atoms with Crippen molar-refractivity contribution in [1.82, 2.24) is 10.1 Å². The van der Waals surface area contributed by atoms with Gasteiger partial charge in [0.05, 0.1) is 22.7 Å². The number of carbonyl (C=O) groups is 1. The lowest BCUT2D eigenvalue weighted by atomic mass is 10.0. The highest BCUT2D eigenvalue weighted by Gasteiger charge is 2.23. The maximum Gasteiger partial charge on any atom is 0.356 e. The highest BCUT2D eigenvalue weighted by Crippen LogP contribution is 2.39. The van der Waals surface area contributed by atoms with Crippen LogP contribution < -0.4 is 4.74 Å². The van der Waals surface area contributed by atoms with Gasteiger partial charge in [-0.05, 0) is 52.9 Å². The minimum absolute atomic E-state index is 0.101. The summed E-state index contributed by atoms with van der Waals surface area (Å²) in [7, 11) is 1.34. The second-order valence-corrected chi connectivity index (χ2v) is 9.88. The molecule has 0 unspecified atom stereocenters. The molecule has 0 aliphatic rings. The van der Waals surface area contributed by atoms with Crippen molar-refractivity contribution in [3.05, 3.63) is 100.0 Å². The molecule has 3 aromatic carbocycles. The van der Waals surface area contributed by atoms with Crippen LogP contribution in [0.5, 0.6) is 5.75 Å². The molecular formula is C30H24Cl2N2O4. The molecule has 6 nitrogen and oxygen atoms in total. The van der Waals surface area contributed by atoms with E-state index in [4.69, 9.17) is 37.2 Å². The Balaban J connectivity index is 1.37. The number of pyridine rings is 1. The quantitative estimate of drug-likeness (QED) is 0.191. The normalized spacial score (nSPS) is 11.2. The van der Waals surface area contributed by atoms with Gasteiger partial charge in [0, 0.05) is 23.1 Å². The summed E-state index contributed by atoms with van der Waals surface area (Å²) in [5.74, 6) is 1.07. The molecule has 0 aliphatic heterocycles. The predicted octanol–water partition coefficient (Wildman–Crippen LogP) is 8.35. The fraction of sp³-hybridized carbons (Fsp3) is 0.167. The predicted molar refractivity (Wildman–Crippen MR) is 149 cm³/mol. The highest BCUT2D eigenvalue weighted by atomic mass is 35.5. The van der Waals surface area contributed by atoms with Crippen LogP contribution in [-0.2, 0) is 11.3 Å². The monoisotopic (exact) mass is 546 g/mol. The van der Waals surface area contributed by atoms with E-state index in [1.165, 1.54) is 7.11 Å². The Morgan fingerprint density at radius 1 is 0.947 bits per heavy atom. The van der Waals surface area contributed by atoms with Gasteiger partial charge in [0.25, 0.3) is 0 Å². The Bertz CT molecular complexity index is 1610. The molecule has 2 heterocycles. The number of carbonyl (C=O) groups excluding carboxylic acids is 1. The van der Waals surface area contributed by atoms with E-state index in [0.29, 0.717) is 27.1 Å². The van der Waals surface area contributed by atoms with Crippen LogP contribution in [0.4, 0.5) is 0 Å². The van der Waals surface area contributed by atoms with Gasteiger partial charge in [0.15, 0.2) is 0 Å². The Kier molecular flexibility index (Phi) is 7.36. The van der Waals surface area contributed by atoms with Crippen molar-refractivity contribution in [1.29, 1.82) is 0 Å². The first-order chi connectivity index (χ1) is 18.4. The molecule has 38 heavy (non-hydrogen) atoms. The van der Waals surface area contributed by atoms with Crippen LogP contribution in [0.3, 0.4) is 0 Å². The van der Waals surface area contributed by atoms with Crippen LogP contribution in [0.2, 0.25) is 10.0 Å². The van der Waals surface area contributed by atoms with Gasteiger partial charge in [-0.2, -0.15) is 0 Å². The van der Waals surface area contributed by atoms with Crippen molar-refractivity contribution in [3.63, 3.8) is 0 Å².